The van der Waals surface area contributed by atoms with Crippen LogP contribution in [0.25, 0.3) is 0 Å². The highest BCUT2D eigenvalue weighted by Gasteiger charge is 2.14. The summed E-state index contributed by atoms with van der Waals surface area (Å²) in [4.78, 5) is 10.3. The summed E-state index contributed by atoms with van der Waals surface area (Å²) in [6.45, 7) is 5.83. The number of carboxylic acids is 1. The lowest BCUT2D eigenvalue weighted by Gasteiger charge is -2.06. The minimum Gasteiger partial charge on any atom is -0.480 e. The first-order chi connectivity index (χ1) is 5.61. The zero-order valence-electron chi connectivity index (χ0n) is 7.18. The Bertz CT molecular complexity index is 253. The van der Waals surface area contributed by atoms with Gasteiger partial charge in [-0.15, -0.1) is 0 Å². The lowest BCUT2D eigenvalue weighted by atomic mass is 10.2. The molecule has 0 saturated heterocycles. The second kappa shape index (κ2) is 3.43. The molecule has 1 aliphatic carbocycles. The van der Waals surface area contributed by atoms with E-state index in [0.717, 1.165) is 24.1 Å². The van der Waals surface area contributed by atoms with E-state index in [9.17, 15) is 4.79 Å². The van der Waals surface area contributed by atoms with Crippen molar-refractivity contribution in [1.29, 1.82) is 0 Å². The lowest BCUT2D eigenvalue weighted by Crippen LogP contribution is -2.22. The van der Waals surface area contributed by atoms with Crippen LogP contribution in [0.1, 0.15) is 19.8 Å². The fraction of sp³-hybridized carbons (Fsp3) is 0.444. The van der Waals surface area contributed by atoms with Crippen LogP contribution >= 0.6 is 0 Å². The predicted molar refractivity (Wildman–Crippen MR) is 46.7 cm³/mol. The van der Waals surface area contributed by atoms with Crippen molar-refractivity contribution in [2.45, 2.75) is 19.8 Å². The number of aliphatic carboxylic acids is 1. The van der Waals surface area contributed by atoms with Gasteiger partial charge in [-0.1, -0.05) is 6.58 Å². The summed E-state index contributed by atoms with van der Waals surface area (Å²) in [6, 6.07) is 0. The maximum absolute atomic E-state index is 10.3. The summed E-state index contributed by atoms with van der Waals surface area (Å²) in [5.41, 5.74) is 3.17. The molecule has 3 heteroatoms. The third-order valence-corrected chi connectivity index (χ3v) is 2.00. The Morgan fingerprint density at radius 1 is 1.67 bits per heavy atom. The first-order valence-corrected chi connectivity index (χ1v) is 3.95. The monoisotopic (exact) mass is 167 g/mol. The molecule has 12 heavy (non-hydrogen) atoms. The van der Waals surface area contributed by atoms with E-state index in [2.05, 4.69) is 11.9 Å². The Morgan fingerprint density at radius 2 is 2.33 bits per heavy atom. The molecule has 0 fully saturated rings. The molecule has 0 spiro atoms. The minimum absolute atomic E-state index is 0.0221. The maximum atomic E-state index is 10.3. The molecule has 0 aromatic rings. The quantitative estimate of drug-likeness (QED) is 0.665. The molecule has 66 valence electrons. The molecule has 0 unspecified atom stereocenters. The third-order valence-electron chi connectivity index (χ3n) is 2.00. The van der Waals surface area contributed by atoms with Crippen LogP contribution in [0.3, 0.4) is 0 Å². The Balaban J connectivity index is 2.56. The molecule has 0 bridgehead atoms. The van der Waals surface area contributed by atoms with Crippen LogP contribution in [0, 0.1) is 0 Å². The number of allylic oxidation sites excluding steroid dienone is 2. The first-order valence-electron chi connectivity index (χ1n) is 3.95. The van der Waals surface area contributed by atoms with E-state index in [1.54, 1.807) is 0 Å². The van der Waals surface area contributed by atoms with E-state index in [4.69, 9.17) is 5.11 Å². The Kier molecular flexibility index (Phi) is 2.53. The van der Waals surface area contributed by atoms with Gasteiger partial charge < -0.3 is 10.4 Å². The van der Waals surface area contributed by atoms with Gasteiger partial charge in [-0.2, -0.15) is 0 Å². The zero-order chi connectivity index (χ0) is 9.14. The zero-order valence-corrected chi connectivity index (χ0v) is 7.18. The van der Waals surface area contributed by atoms with Gasteiger partial charge in [-0.05, 0) is 30.9 Å². The Labute approximate surface area is 71.8 Å². The molecule has 1 rings (SSSR count). The van der Waals surface area contributed by atoms with Crippen molar-refractivity contribution in [2.75, 3.05) is 6.54 Å². The van der Waals surface area contributed by atoms with E-state index in [1.807, 2.05) is 6.92 Å². The van der Waals surface area contributed by atoms with Gasteiger partial charge in [0.1, 0.15) is 6.54 Å². The van der Waals surface area contributed by atoms with Crippen LogP contribution in [0.2, 0.25) is 0 Å². The highest BCUT2D eigenvalue weighted by molar-refractivity contribution is 5.69. The number of hydrogen-bond donors (Lipinski definition) is 2. The molecule has 2 N–H and O–H groups in total. The molecule has 0 aliphatic heterocycles. The molecule has 0 aromatic heterocycles. The van der Waals surface area contributed by atoms with E-state index < -0.39 is 5.97 Å². The highest BCUT2D eigenvalue weighted by Crippen LogP contribution is 2.27. The molecule has 0 heterocycles. The van der Waals surface area contributed by atoms with Crippen molar-refractivity contribution in [3.8, 4) is 0 Å². The van der Waals surface area contributed by atoms with Crippen LogP contribution < -0.4 is 5.32 Å². The second-order valence-electron chi connectivity index (χ2n) is 3.01. The van der Waals surface area contributed by atoms with Gasteiger partial charge in [0.15, 0.2) is 0 Å². The van der Waals surface area contributed by atoms with Gasteiger partial charge in [0, 0.05) is 5.70 Å². The van der Waals surface area contributed by atoms with Crippen molar-refractivity contribution in [3.63, 3.8) is 0 Å². The fourth-order valence-electron chi connectivity index (χ4n) is 1.33. The molecule has 0 saturated carbocycles. The SMILES string of the molecule is C=C1CCC(C)=C1NCC(=O)O. The molecule has 0 radical (unpaired) electrons. The van der Waals surface area contributed by atoms with Gasteiger partial charge >= 0.3 is 5.97 Å². The molecule has 0 aromatic carbocycles. The van der Waals surface area contributed by atoms with E-state index in [0.29, 0.717) is 0 Å². The van der Waals surface area contributed by atoms with E-state index in [-0.39, 0.29) is 6.54 Å². The summed E-state index contributed by atoms with van der Waals surface area (Å²) >= 11 is 0. The van der Waals surface area contributed by atoms with Crippen molar-refractivity contribution in [1.82, 2.24) is 5.32 Å². The van der Waals surface area contributed by atoms with Gasteiger partial charge in [-0.3, -0.25) is 4.79 Å². The van der Waals surface area contributed by atoms with Crippen molar-refractivity contribution in [3.05, 3.63) is 23.4 Å². The van der Waals surface area contributed by atoms with Gasteiger partial charge in [0.05, 0.1) is 0 Å². The molecular formula is C9H13NO2. The van der Waals surface area contributed by atoms with E-state index in [1.165, 1.54) is 5.57 Å². The number of rotatable bonds is 3. The summed E-state index contributed by atoms with van der Waals surface area (Å²) in [5, 5.41) is 11.3. The standard InChI is InChI=1S/C9H13NO2/c1-6-3-4-7(2)9(6)10-5-8(11)12/h10H,1,3-5H2,2H3,(H,11,12). The summed E-state index contributed by atoms with van der Waals surface area (Å²) in [5.74, 6) is -0.838. The van der Waals surface area contributed by atoms with Crippen LogP contribution in [-0.2, 0) is 4.79 Å². The smallest absolute Gasteiger partial charge is 0.322 e. The topological polar surface area (TPSA) is 49.3 Å². The molecule has 1 aliphatic rings. The van der Waals surface area contributed by atoms with Crippen LogP contribution in [0.5, 0.6) is 0 Å². The van der Waals surface area contributed by atoms with Crippen molar-refractivity contribution < 1.29 is 9.90 Å². The number of hydrogen-bond acceptors (Lipinski definition) is 2. The number of carboxylic acid groups (broad SMARTS) is 1. The average Bonchev–Trinajstić information content (AvgIpc) is 2.28. The first kappa shape index (κ1) is 8.84. The Hall–Kier alpha value is -1.25. The summed E-state index contributed by atoms with van der Waals surface area (Å²) < 4.78 is 0. The van der Waals surface area contributed by atoms with Crippen molar-refractivity contribution in [2.24, 2.45) is 0 Å². The van der Waals surface area contributed by atoms with E-state index >= 15 is 0 Å². The van der Waals surface area contributed by atoms with Gasteiger partial charge in [0.2, 0.25) is 0 Å². The summed E-state index contributed by atoms with van der Waals surface area (Å²) in [7, 11) is 0. The highest BCUT2D eigenvalue weighted by atomic mass is 16.4. The molecule has 3 nitrogen and oxygen atoms in total. The minimum atomic E-state index is -0.838. The molecular weight excluding hydrogens is 154 g/mol. The number of carbonyl (C=O) groups is 1. The maximum Gasteiger partial charge on any atom is 0.322 e. The Morgan fingerprint density at radius 3 is 2.75 bits per heavy atom. The van der Waals surface area contributed by atoms with Crippen LogP contribution in [0.4, 0.5) is 0 Å². The average molecular weight is 167 g/mol. The van der Waals surface area contributed by atoms with Crippen LogP contribution in [-0.4, -0.2) is 17.6 Å². The largest absolute Gasteiger partial charge is 0.480 e. The fourth-order valence-corrected chi connectivity index (χ4v) is 1.33. The predicted octanol–water partition coefficient (Wildman–Crippen LogP) is 1.28. The summed E-state index contributed by atoms with van der Waals surface area (Å²) in [6.07, 6.45) is 1.95. The van der Waals surface area contributed by atoms with Crippen molar-refractivity contribution >= 4 is 5.97 Å². The number of nitrogens with one attached hydrogen (secondary N) is 1. The second-order valence-corrected chi connectivity index (χ2v) is 3.01. The molecule has 0 amide bonds. The van der Waals surface area contributed by atoms with Gasteiger partial charge in [0.25, 0.3) is 0 Å². The molecule has 0 atom stereocenters. The third kappa shape index (κ3) is 1.87. The van der Waals surface area contributed by atoms with Crippen LogP contribution in [0.15, 0.2) is 23.4 Å². The normalized spacial score (nSPS) is 16.9. The lowest BCUT2D eigenvalue weighted by molar-refractivity contribution is -0.135. The van der Waals surface area contributed by atoms with Gasteiger partial charge in [-0.25, -0.2) is 0 Å².